The molecule has 4 heterocycles. The average molecular weight is 494 g/mol. The van der Waals surface area contributed by atoms with Crippen molar-refractivity contribution >= 4 is 21.8 Å². The Bertz CT molecular complexity index is 1870. The van der Waals surface area contributed by atoms with E-state index in [0.717, 1.165) is 66.8 Å². The Hall–Kier alpha value is -5.23. The van der Waals surface area contributed by atoms with Crippen molar-refractivity contribution in [2.24, 2.45) is 0 Å². The van der Waals surface area contributed by atoms with Crippen LogP contribution in [0, 0.1) is 0 Å². The number of nitrogens with zero attached hydrogens (tertiary/aromatic N) is 3. The fraction of sp³-hybridized carbons (Fsp3) is 0.0312. The molecule has 0 bridgehead atoms. The summed E-state index contributed by atoms with van der Waals surface area (Å²) < 4.78 is 6.01. The van der Waals surface area contributed by atoms with E-state index in [1.807, 2.05) is 55.0 Å². The first-order chi connectivity index (χ1) is 18.8. The van der Waals surface area contributed by atoms with Gasteiger partial charge < -0.3 is 9.72 Å². The molecule has 3 aromatic carbocycles. The number of nitrogens with one attached hydrogen (secondary N) is 2. The highest BCUT2D eigenvalue weighted by atomic mass is 16.5. The largest absolute Gasteiger partial charge is 0.487 e. The maximum absolute atomic E-state index is 6.01. The molecule has 0 saturated carbocycles. The molecule has 0 aliphatic carbocycles. The third kappa shape index (κ3) is 4.08. The Morgan fingerprint density at radius 2 is 1.55 bits per heavy atom. The van der Waals surface area contributed by atoms with E-state index in [-0.39, 0.29) is 0 Å². The molecule has 2 N–H and O–H groups in total. The number of aromatic nitrogens is 5. The van der Waals surface area contributed by atoms with Crippen LogP contribution in [0.5, 0.6) is 5.75 Å². The van der Waals surface area contributed by atoms with Crippen LogP contribution in [0.25, 0.3) is 55.4 Å². The fourth-order valence-electron chi connectivity index (χ4n) is 4.86. The van der Waals surface area contributed by atoms with Crippen molar-refractivity contribution in [1.82, 2.24) is 25.1 Å². The van der Waals surface area contributed by atoms with Crippen molar-refractivity contribution in [2.45, 2.75) is 6.61 Å². The predicted octanol–water partition coefficient (Wildman–Crippen LogP) is 7.41. The van der Waals surface area contributed by atoms with E-state index < -0.39 is 0 Å². The lowest BCUT2D eigenvalue weighted by Gasteiger charge is -2.08. The molecule has 0 aliphatic heterocycles. The molecule has 4 aromatic heterocycles. The molecular weight excluding hydrogens is 470 g/mol. The molecule has 0 spiro atoms. The number of ether oxygens (including phenoxy) is 1. The van der Waals surface area contributed by atoms with Gasteiger partial charge in [0.15, 0.2) is 0 Å². The van der Waals surface area contributed by atoms with Gasteiger partial charge in [0.25, 0.3) is 0 Å². The van der Waals surface area contributed by atoms with Gasteiger partial charge in [-0.25, -0.2) is 0 Å². The molecule has 0 atom stereocenters. The van der Waals surface area contributed by atoms with Gasteiger partial charge in [-0.2, -0.15) is 5.10 Å². The Morgan fingerprint density at radius 3 is 2.45 bits per heavy atom. The number of aromatic amines is 2. The highest BCUT2D eigenvalue weighted by Gasteiger charge is 2.14. The zero-order chi connectivity index (χ0) is 25.3. The van der Waals surface area contributed by atoms with E-state index in [9.17, 15) is 0 Å². The highest BCUT2D eigenvalue weighted by molar-refractivity contribution is 6.01. The Kier molecular flexibility index (Phi) is 5.40. The van der Waals surface area contributed by atoms with Gasteiger partial charge in [-0.3, -0.25) is 15.1 Å². The van der Waals surface area contributed by atoms with Gasteiger partial charge in [-0.15, -0.1) is 0 Å². The first kappa shape index (κ1) is 22.0. The first-order valence-corrected chi connectivity index (χ1v) is 12.4. The van der Waals surface area contributed by atoms with Crippen molar-refractivity contribution in [3.8, 4) is 39.4 Å². The molecule has 0 saturated heterocycles. The second-order valence-corrected chi connectivity index (χ2v) is 9.20. The van der Waals surface area contributed by atoms with Crippen LogP contribution >= 0.6 is 0 Å². The molecular formula is C32H23N5O. The molecule has 182 valence electrons. The van der Waals surface area contributed by atoms with Crippen molar-refractivity contribution in [1.29, 1.82) is 0 Å². The Balaban J connectivity index is 1.24. The summed E-state index contributed by atoms with van der Waals surface area (Å²) in [6.07, 6.45) is 7.25. The van der Waals surface area contributed by atoms with E-state index >= 15 is 0 Å². The third-order valence-corrected chi connectivity index (χ3v) is 6.77. The number of hydrogen-bond donors (Lipinski definition) is 2. The van der Waals surface area contributed by atoms with Crippen LogP contribution in [0.15, 0.2) is 116 Å². The van der Waals surface area contributed by atoms with Crippen LogP contribution in [0.1, 0.15) is 5.56 Å². The molecule has 7 aromatic rings. The minimum atomic E-state index is 0.499. The number of pyridine rings is 2. The molecule has 0 unspecified atom stereocenters. The van der Waals surface area contributed by atoms with Crippen LogP contribution in [0.3, 0.4) is 0 Å². The summed E-state index contributed by atoms with van der Waals surface area (Å²) in [6, 6.07) is 31.0. The molecule has 7 rings (SSSR count). The van der Waals surface area contributed by atoms with E-state index in [1.54, 1.807) is 6.20 Å². The fourth-order valence-corrected chi connectivity index (χ4v) is 4.86. The van der Waals surface area contributed by atoms with E-state index in [2.05, 4.69) is 79.7 Å². The summed E-state index contributed by atoms with van der Waals surface area (Å²) in [5.74, 6) is 0.734. The molecule has 6 heteroatoms. The van der Waals surface area contributed by atoms with E-state index in [4.69, 9.17) is 4.74 Å². The van der Waals surface area contributed by atoms with Crippen LogP contribution in [-0.2, 0) is 6.61 Å². The standard InChI is InChI=1S/C32H23N5O/c1-2-5-21(6-3-1)20-38-25-15-24(18-34-19-25)23-9-10-30-28(16-23)32(37-36-30)31-17-27-26(7-4-8-29(27)35-31)22-11-13-33-14-12-22/h1-19,35H,20H2,(H,36,37). The minimum Gasteiger partial charge on any atom is -0.487 e. The van der Waals surface area contributed by atoms with E-state index in [1.165, 1.54) is 0 Å². The monoisotopic (exact) mass is 493 g/mol. The smallest absolute Gasteiger partial charge is 0.138 e. The quantitative estimate of drug-likeness (QED) is 0.253. The summed E-state index contributed by atoms with van der Waals surface area (Å²) >= 11 is 0. The lowest BCUT2D eigenvalue weighted by Crippen LogP contribution is -1.95. The lowest BCUT2D eigenvalue weighted by molar-refractivity contribution is 0.305. The summed E-state index contributed by atoms with van der Waals surface area (Å²) in [7, 11) is 0. The summed E-state index contributed by atoms with van der Waals surface area (Å²) in [6.45, 7) is 0.499. The molecule has 0 fully saturated rings. The van der Waals surface area contributed by atoms with Crippen molar-refractivity contribution < 1.29 is 4.74 Å². The molecule has 0 amide bonds. The number of H-pyrrole nitrogens is 2. The normalized spacial score (nSPS) is 11.3. The van der Waals surface area contributed by atoms with Crippen LogP contribution in [-0.4, -0.2) is 25.1 Å². The summed E-state index contributed by atoms with van der Waals surface area (Å²) in [4.78, 5) is 12.2. The predicted molar refractivity (Wildman–Crippen MR) is 151 cm³/mol. The second kappa shape index (κ2) is 9.33. The molecule has 6 nitrogen and oxygen atoms in total. The topological polar surface area (TPSA) is 79.5 Å². The third-order valence-electron chi connectivity index (χ3n) is 6.77. The zero-order valence-electron chi connectivity index (χ0n) is 20.4. The van der Waals surface area contributed by atoms with Gasteiger partial charge in [0.05, 0.1) is 17.4 Å². The van der Waals surface area contributed by atoms with Crippen molar-refractivity contribution in [3.05, 3.63) is 121 Å². The average Bonchev–Trinajstić information content (AvgIpc) is 3.61. The number of hydrogen-bond acceptors (Lipinski definition) is 4. The lowest BCUT2D eigenvalue weighted by atomic mass is 10.0. The zero-order valence-corrected chi connectivity index (χ0v) is 20.4. The second-order valence-electron chi connectivity index (χ2n) is 9.20. The van der Waals surface area contributed by atoms with Gasteiger partial charge in [0, 0.05) is 40.4 Å². The Labute approximate surface area is 219 Å². The van der Waals surface area contributed by atoms with Crippen molar-refractivity contribution in [2.75, 3.05) is 0 Å². The van der Waals surface area contributed by atoms with Gasteiger partial charge >= 0.3 is 0 Å². The maximum atomic E-state index is 6.01. The number of rotatable bonds is 6. The van der Waals surface area contributed by atoms with Gasteiger partial charge in [-0.1, -0.05) is 48.5 Å². The van der Waals surface area contributed by atoms with Crippen LogP contribution < -0.4 is 4.74 Å². The number of fused-ring (bicyclic) bond motifs is 2. The van der Waals surface area contributed by atoms with E-state index in [0.29, 0.717) is 6.61 Å². The molecule has 0 aliphatic rings. The summed E-state index contributed by atoms with van der Waals surface area (Å²) in [5.41, 5.74) is 9.32. The highest BCUT2D eigenvalue weighted by Crippen LogP contribution is 2.35. The molecule has 0 radical (unpaired) electrons. The van der Waals surface area contributed by atoms with Crippen LogP contribution in [0.2, 0.25) is 0 Å². The van der Waals surface area contributed by atoms with Crippen molar-refractivity contribution in [3.63, 3.8) is 0 Å². The maximum Gasteiger partial charge on any atom is 0.138 e. The minimum absolute atomic E-state index is 0.499. The molecule has 38 heavy (non-hydrogen) atoms. The Morgan fingerprint density at radius 1 is 0.658 bits per heavy atom. The number of benzene rings is 3. The van der Waals surface area contributed by atoms with Gasteiger partial charge in [-0.05, 0) is 64.7 Å². The van der Waals surface area contributed by atoms with Gasteiger partial charge in [0.1, 0.15) is 18.1 Å². The first-order valence-electron chi connectivity index (χ1n) is 12.4. The van der Waals surface area contributed by atoms with Crippen LogP contribution in [0.4, 0.5) is 0 Å². The summed E-state index contributed by atoms with van der Waals surface area (Å²) in [5, 5.41) is 10.0. The van der Waals surface area contributed by atoms with Gasteiger partial charge in [0.2, 0.25) is 0 Å². The SMILES string of the molecule is c1ccc(COc2cncc(-c3ccc4[nH]nc(-c5cc6c(-c7ccncc7)cccc6[nH]5)c4c3)c2)cc1.